The van der Waals surface area contributed by atoms with E-state index in [0.29, 0.717) is 6.54 Å². The Hall–Kier alpha value is -2.33. The number of rotatable bonds is 6. The van der Waals surface area contributed by atoms with Crippen LogP contribution in [0, 0.1) is 0 Å². The third kappa shape index (κ3) is 4.10. The van der Waals surface area contributed by atoms with Crippen molar-refractivity contribution in [3.8, 4) is 5.75 Å². The maximum absolute atomic E-state index is 11.0. The Bertz CT molecular complexity index is 552. The highest BCUT2D eigenvalue weighted by atomic mass is 16.4. The van der Waals surface area contributed by atoms with Crippen LogP contribution in [0.4, 0.5) is 0 Å². The number of phenolic OH excluding ortho intramolecular Hbond substituents is 1. The van der Waals surface area contributed by atoms with E-state index in [2.05, 4.69) is 5.32 Å². The molecule has 0 radical (unpaired) electrons. The number of hydrogen-bond donors (Lipinski definition) is 3. The number of aliphatic carboxylic acids is 1. The summed E-state index contributed by atoms with van der Waals surface area (Å²) in [6.45, 7) is 0.549. The Balaban J connectivity index is 2.04. The first-order valence-electron chi connectivity index (χ1n) is 6.43. The van der Waals surface area contributed by atoms with Crippen LogP contribution in [0.15, 0.2) is 54.6 Å². The summed E-state index contributed by atoms with van der Waals surface area (Å²) in [5.74, 6) is -0.615. The van der Waals surface area contributed by atoms with Crippen LogP contribution in [-0.2, 0) is 11.3 Å². The maximum Gasteiger partial charge on any atom is 0.305 e. The van der Waals surface area contributed by atoms with Gasteiger partial charge < -0.3 is 15.5 Å². The molecule has 0 aliphatic heterocycles. The van der Waals surface area contributed by atoms with Gasteiger partial charge in [0.1, 0.15) is 5.75 Å². The number of nitrogens with one attached hydrogen (secondary N) is 1. The lowest BCUT2D eigenvalue weighted by Gasteiger charge is -2.17. The molecule has 20 heavy (non-hydrogen) atoms. The molecule has 0 spiro atoms. The van der Waals surface area contributed by atoms with Crippen LogP contribution in [0.3, 0.4) is 0 Å². The summed E-state index contributed by atoms with van der Waals surface area (Å²) < 4.78 is 0. The molecule has 104 valence electrons. The number of hydrogen-bond acceptors (Lipinski definition) is 3. The second kappa shape index (κ2) is 6.73. The van der Waals surface area contributed by atoms with Crippen molar-refractivity contribution < 1.29 is 15.0 Å². The highest BCUT2D eigenvalue weighted by molar-refractivity contribution is 5.67. The fraction of sp³-hybridized carbons (Fsp3) is 0.188. The lowest BCUT2D eigenvalue weighted by Crippen LogP contribution is -2.23. The van der Waals surface area contributed by atoms with Gasteiger partial charge in [0.2, 0.25) is 0 Å². The molecule has 2 rings (SSSR count). The molecule has 0 heterocycles. The molecule has 2 aromatic carbocycles. The quantitative estimate of drug-likeness (QED) is 0.755. The van der Waals surface area contributed by atoms with Crippen molar-refractivity contribution in [1.82, 2.24) is 5.32 Å². The Morgan fingerprint density at radius 2 is 1.70 bits per heavy atom. The average Bonchev–Trinajstić information content (AvgIpc) is 2.46. The number of carboxylic acid groups (broad SMARTS) is 1. The second-order valence-electron chi connectivity index (χ2n) is 4.61. The maximum atomic E-state index is 11.0. The molecule has 2 aromatic rings. The van der Waals surface area contributed by atoms with E-state index in [-0.39, 0.29) is 18.2 Å². The summed E-state index contributed by atoms with van der Waals surface area (Å²) in [4.78, 5) is 11.0. The van der Waals surface area contributed by atoms with Crippen LogP contribution < -0.4 is 5.32 Å². The van der Waals surface area contributed by atoms with Crippen LogP contribution in [0.5, 0.6) is 5.75 Å². The molecule has 1 atom stereocenters. The normalized spacial score (nSPS) is 12.0. The van der Waals surface area contributed by atoms with Gasteiger partial charge in [-0.2, -0.15) is 0 Å². The van der Waals surface area contributed by atoms with Gasteiger partial charge in [-0.1, -0.05) is 42.5 Å². The number of carbonyl (C=O) groups is 1. The zero-order valence-corrected chi connectivity index (χ0v) is 11.0. The smallest absolute Gasteiger partial charge is 0.305 e. The van der Waals surface area contributed by atoms with E-state index in [1.807, 2.05) is 42.5 Å². The van der Waals surface area contributed by atoms with Crippen LogP contribution in [0.25, 0.3) is 0 Å². The highest BCUT2D eigenvalue weighted by Gasteiger charge is 2.14. The molecular weight excluding hydrogens is 254 g/mol. The van der Waals surface area contributed by atoms with E-state index < -0.39 is 5.97 Å². The highest BCUT2D eigenvalue weighted by Crippen LogP contribution is 2.18. The fourth-order valence-electron chi connectivity index (χ4n) is 2.02. The number of aromatic hydroxyl groups is 1. The molecule has 0 aromatic heterocycles. The second-order valence-corrected chi connectivity index (χ2v) is 4.61. The Morgan fingerprint density at radius 1 is 1.05 bits per heavy atom. The van der Waals surface area contributed by atoms with Crippen molar-refractivity contribution >= 4 is 5.97 Å². The van der Waals surface area contributed by atoms with Gasteiger partial charge in [0.05, 0.1) is 6.42 Å². The largest absolute Gasteiger partial charge is 0.508 e. The topological polar surface area (TPSA) is 69.6 Å². The Kier molecular flexibility index (Phi) is 4.74. The van der Waals surface area contributed by atoms with Crippen molar-refractivity contribution in [3.63, 3.8) is 0 Å². The molecular formula is C16H17NO3. The monoisotopic (exact) mass is 271 g/mol. The number of carboxylic acids is 1. The van der Waals surface area contributed by atoms with Gasteiger partial charge in [-0.3, -0.25) is 4.79 Å². The number of benzene rings is 2. The fourth-order valence-corrected chi connectivity index (χ4v) is 2.02. The third-order valence-corrected chi connectivity index (χ3v) is 3.07. The van der Waals surface area contributed by atoms with E-state index in [1.165, 1.54) is 0 Å². The zero-order valence-electron chi connectivity index (χ0n) is 11.0. The first-order valence-corrected chi connectivity index (χ1v) is 6.43. The van der Waals surface area contributed by atoms with E-state index in [1.54, 1.807) is 12.1 Å². The third-order valence-electron chi connectivity index (χ3n) is 3.07. The predicted octanol–water partition coefficient (Wildman–Crippen LogP) is 2.70. The summed E-state index contributed by atoms with van der Waals surface area (Å²) in [6.07, 6.45) is 0.0299. The van der Waals surface area contributed by atoms with Gasteiger partial charge >= 0.3 is 5.97 Å². The standard InChI is InChI=1S/C16H17NO3/c18-14-8-6-12(7-9-14)11-17-15(10-16(19)20)13-4-2-1-3-5-13/h1-9,15,17-18H,10-11H2,(H,19,20)/t15-/m1/s1. The Labute approximate surface area is 117 Å². The SMILES string of the molecule is O=C(O)C[C@@H](NCc1ccc(O)cc1)c1ccccc1. The molecule has 4 heteroatoms. The van der Waals surface area contributed by atoms with Crippen molar-refractivity contribution in [2.45, 2.75) is 19.0 Å². The van der Waals surface area contributed by atoms with E-state index in [0.717, 1.165) is 11.1 Å². The average molecular weight is 271 g/mol. The molecule has 0 saturated heterocycles. The van der Waals surface area contributed by atoms with Gasteiger partial charge in [-0.25, -0.2) is 0 Å². The predicted molar refractivity (Wildman–Crippen MR) is 76.4 cm³/mol. The van der Waals surface area contributed by atoms with Crippen LogP contribution in [0.1, 0.15) is 23.6 Å². The molecule has 4 nitrogen and oxygen atoms in total. The van der Waals surface area contributed by atoms with Crippen LogP contribution in [-0.4, -0.2) is 16.2 Å². The van der Waals surface area contributed by atoms with Crippen molar-refractivity contribution in [3.05, 3.63) is 65.7 Å². The van der Waals surface area contributed by atoms with E-state index in [4.69, 9.17) is 5.11 Å². The minimum Gasteiger partial charge on any atom is -0.508 e. The first kappa shape index (κ1) is 14.1. The molecule has 0 aliphatic rings. The first-order chi connectivity index (χ1) is 9.65. The molecule has 0 fully saturated rings. The summed E-state index contributed by atoms with van der Waals surface area (Å²) >= 11 is 0. The van der Waals surface area contributed by atoms with E-state index in [9.17, 15) is 9.90 Å². The van der Waals surface area contributed by atoms with Gasteiger partial charge in [0.25, 0.3) is 0 Å². The van der Waals surface area contributed by atoms with Gasteiger partial charge in [0.15, 0.2) is 0 Å². The Morgan fingerprint density at radius 3 is 2.30 bits per heavy atom. The lowest BCUT2D eigenvalue weighted by atomic mass is 10.0. The van der Waals surface area contributed by atoms with Gasteiger partial charge in [0, 0.05) is 12.6 Å². The summed E-state index contributed by atoms with van der Waals surface area (Å²) in [5, 5.41) is 21.5. The molecule has 0 amide bonds. The molecule has 0 unspecified atom stereocenters. The van der Waals surface area contributed by atoms with Gasteiger partial charge in [-0.05, 0) is 23.3 Å². The molecule has 0 saturated carbocycles. The minimum atomic E-state index is -0.836. The summed E-state index contributed by atoms with van der Waals surface area (Å²) in [6, 6.07) is 16.1. The van der Waals surface area contributed by atoms with Crippen LogP contribution in [0.2, 0.25) is 0 Å². The van der Waals surface area contributed by atoms with Crippen LogP contribution >= 0.6 is 0 Å². The van der Waals surface area contributed by atoms with Crippen molar-refractivity contribution in [2.75, 3.05) is 0 Å². The lowest BCUT2D eigenvalue weighted by molar-refractivity contribution is -0.137. The van der Waals surface area contributed by atoms with Gasteiger partial charge in [-0.15, -0.1) is 0 Å². The minimum absolute atomic E-state index is 0.0299. The van der Waals surface area contributed by atoms with E-state index >= 15 is 0 Å². The summed E-state index contributed by atoms with van der Waals surface area (Å²) in [5.41, 5.74) is 1.95. The zero-order chi connectivity index (χ0) is 14.4. The molecule has 0 aliphatic carbocycles. The number of phenols is 1. The molecule has 3 N–H and O–H groups in total. The summed E-state index contributed by atoms with van der Waals surface area (Å²) in [7, 11) is 0. The van der Waals surface area contributed by atoms with Crippen molar-refractivity contribution in [1.29, 1.82) is 0 Å². The molecule has 0 bridgehead atoms. The van der Waals surface area contributed by atoms with Crippen molar-refractivity contribution in [2.24, 2.45) is 0 Å².